The lowest BCUT2D eigenvalue weighted by atomic mass is 9.78. The van der Waals surface area contributed by atoms with Crippen LogP contribution >= 0.6 is 0 Å². The number of nitrogens with one attached hydrogen (secondary N) is 2. The molecule has 3 N–H and O–H groups in total. The minimum atomic E-state index is -1.20. The zero-order chi connectivity index (χ0) is 21.4. The van der Waals surface area contributed by atoms with Crippen molar-refractivity contribution in [2.45, 2.75) is 45.1 Å². The molecule has 0 aromatic heterocycles. The van der Waals surface area contributed by atoms with Gasteiger partial charge in [-0.3, -0.25) is 14.4 Å². The summed E-state index contributed by atoms with van der Waals surface area (Å²) in [5, 5.41) is 15.5. The summed E-state index contributed by atoms with van der Waals surface area (Å²) < 4.78 is 0. The lowest BCUT2D eigenvalue weighted by Gasteiger charge is -2.29. The van der Waals surface area contributed by atoms with E-state index in [1.807, 2.05) is 37.3 Å². The molecule has 0 spiro atoms. The van der Waals surface area contributed by atoms with E-state index in [2.05, 4.69) is 10.6 Å². The largest absolute Gasteiger partial charge is 0.481 e. The number of hydrogen-bond donors (Lipinski definition) is 3. The van der Waals surface area contributed by atoms with Gasteiger partial charge in [-0.05, 0) is 24.5 Å². The number of hydrogen-bond acceptors (Lipinski definition) is 3. The molecule has 2 amide bonds. The van der Waals surface area contributed by atoms with E-state index in [1.165, 1.54) is 6.92 Å². The number of amides is 2. The van der Waals surface area contributed by atoms with Crippen LogP contribution in [0.25, 0.3) is 0 Å². The first-order chi connectivity index (χ1) is 13.8. The summed E-state index contributed by atoms with van der Waals surface area (Å²) in [5.74, 6) is -1.54. The van der Waals surface area contributed by atoms with Gasteiger partial charge < -0.3 is 15.7 Å². The van der Waals surface area contributed by atoms with Gasteiger partial charge in [-0.2, -0.15) is 0 Å². The van der Waals surface area contributed by atoms with Crippen LogP contribution in [0.2, 0.25) is 0 Å². The maximum absolute atomic E-state index is 12.6. The van der Waals surface area contributed by atoms with E-state index in [1.54, 1.807) is 31.2 Å². The first-order valence-electron chi connectivity index (χ1n) is 9.67. The predicted octanol–water partition coefficient (Wildman–Crippen LogP) is 3.11. The summed E-state index contributed by atoms with van der Waals surface area (Å²) in [6, 6.07) is 16.0. The molecular weight excluding hydrogens is 368 g/mol. The van der Waals surface area contributed by atoms with Gasteiger partial charge in [-0.15, -0.1) is 0 Å². The lowest BCUT2D eigenvalue weighted by Crippen LogP contribution is -2.46. The maximum atomic E-state index is 12.6. The van der Waals surface area contributed by atoms with Crippen molar-refractivity contribution in [1.29, 1.82) is 0 Å². The van der Waals surface area contributed by atoms with E-state index in [-0.39, 0.29) is 24.8 Å². The Kier molecular flexibility index (Phi) is 7.53. The maximum Gasteiger partial charge on any atom is 0.315 e. The first kappa shape index (κ1) is 22.1. The third-order valence-electron chi connectivity index (χ3n) is 5.17. The van der Waals surface area contributed by atoms with Crippen LogP contribution in [0.15, 0.2) is 54.6 Å². The molecule has 2 atom stereocenters. The molecule has 0 aliphatic rings. The van der Waals surface area contributed by atoms with E-state index in [0.29, 0.717) is 12.0 Å². The molecule has 0 radical (unpaired) electrons. The van der Waals surface area contributed by atoms with Crippen molar-refractivity contribution < 1.29 is 19.5 Å². The summed E-state index contributed by atoms with van der Waals surface area (Å²) in [5.41, 5.74) is 1.35. The van der Waals surface area contributed by atoms with Crippen LogP contribution in [0.3, 0.4) is 0 Å². The smallest absolute Gasteiger partial charge is 0.315 e. The highest BCUT2D eigenvalue weighted by atomic mass is 16.4. The summed E-state index contributed by atoms with van der Waals surface area (Å²) in [6.07, 6.45) is 0.358. The molecule has 2 aromatic rings. The molecule has 154 valence electrons. The van der Waals surface area contributed by atoms with Gasteiger partial charge in [0.25, 0.3) is 0 Å². The van der Waals surface area contributed by atoms with Gasteiger partial charge >= 0.3 is 5.97 Å². The Hall–Kier alpha value is -3.15. The normalized spacial score (nSPS) is 13.8. The number of carbonyl (C=O) groups is 3. The molecule has 6 nitrogen and oxygen atoms in total. The van der Waals surface area contributed by atoms with Gasteiger partial charge in [0.05, 0.1) is 12.5 Å². The molecule has 6 heteroatoms. The summed E-state index contributed by atoms with van der Waals surface area (Å²) in [7, 11) is 0. The molecule has 0 saturated heterocycles. The highest BCUT2D eigenvalue weighted by Crippen LogP contribution is 2.28. The van der Waals surface area contributed by atoms with Gasteiger partial charge in [-0.1, -0.05) is 67.1 Å². The number of aliphatic carboxylic acids is 1. The van der Waals surface area contributed by atoms with E-state index >= 15 is 0 Å². The molecule has 29 heavy (non-hydrogen) atoms. The standard InChI is InChI=1S/C23H28N2O4/c1-4-23(22(28)29,19-8-6-5-7-9-19)15-24-21(27)14-20(25-17(3)26)18-12-10-16(2)11-13-18/h5-13,20H,4,14-15H2,1-3H3,(H,24,27)(H,25,26)(H,28,29). The lowest BCUT2D eigenvalue weighted by molar-refractivity contribution is -0.144. The van der Waals surface area contributed by atoms with Crippen LogP contribution in [0, 0.1) is 6.92 Å². The van der Waals surface area contributed by atoms with Crippen LogP contribution in [0.4, 0.5) is 0 Å². The highest BCUT2D eigenvalue weighted by molar-refractivity contribution is 5.84. The fourth-order valence-corrected chi connectivity index (χ4v) is 3.34. The van der Waals surface area contributed by atoms with E-state index in [0.717, 1.165) is 11.1 Å². The Bertz CT molecular complexity index is 849. The van der Waals surface area contributed by atoms with Crippen molar-refractivity contribution in [3.05, 3.63) is 71.3 Å². The number of carboxylic acids is 1. The van der Waals surface area contributed by atoms with Crippen molar-refractivity contribution in [3.63, 3.8) is 0 Å². The second-order valence-corrected chi connectivity index (χ2v) is 7.25. The van der Waals surface area contributed by atoms with Gasteiger partial charge in [0.15, 0.2) is 0 Å². The monoisotopic (exact) mass is 396 g/mol. The molecule has 2 rings (SSSR count). The molecule has 0 bridgehead atoms. The Morgan fingerprint density at radius 3 is 2.17 bits per heavy atom. The number of carbonyl (C=O) groups excluding carboxylic acids is 2. The molecule has 0 heterocycles. The SMILES string of the molecule is CCC(CNC(=O)CC(NC(C)=O)c1ccc(C)cc1)(C(=O)O)c1ccccc1. The Labute approximate surface area is 171 Å². The van der Waals surface area contributed by atoms with Crippen LogP contribution in [0.5, 0.6) is 0 Å². The molecule has 0 aliphatic carbocycles. The highest BCUT2D eigenvalue weighted by Gasteiger charge is 2.39. The molecule has 2 aromatic carbocycles. The van der Waals surface area contributed by atoms with Crippen LogP contribution in [0.1, 0.15) is 49.4 Å². The van der Waals surface area contributed by atoms with Gasteiger partial charge in [0, 0.05) is 13.5 Å². The van der Waals surface area contributed by atoms with Crippen molar-refractivity contribution >= 4 is 17.8 Å². The van der Waals surface area contributed by atoms with Crippen molar-refractivity contribution in [2.24, 2.45) is 0 Å². The zero-order valence-corrected chi connectivity index (χ0v) is 17.1. The number of aryl methyl sites for hydroxylation is 1. The minimum absolute atomic E-state index is 0.0246. The first-order valence-corrected chi connectivity index (χ1v) is 9.67. The molecule has 2 unspecified atom stereocenters. The van der Waals surface area contributed by atoms with Crippen molar-refractivity contribution in [2.75, 3.05) is 6.54 Å². The van der Waals surface area contributed by atoms with Crippen molar-refractivity contribution in [1.82, 2.24) is 10.6 Å². The predicted molar refractivity (Wildman–Crippen MR) is 111 cm³/mol. The van der Waals surface area contributed by atoms with E-state index < -0.39 is 17.4 Å². The number of carboxylic acid groups (broad SMARTS) is 1. The summed E-state index contributed by atoms with van der Waals surface area (Å²) in [6.45, 7) is 5.13. The van der Waals surface area contributed by atoms with E-state index in [4.69, 9.17) is 0 Å². The third kappa shape index (κ3) is 5.67. The van der Waals surface area contributed by atoms with Crippen molar-refractivity contribution in [3.8, 4) is 0 Å². The van der Waals surface area contributed by atoms with Gasteiger partial charge in [-0.25, -0.2) is 0 Å². The molecule has 0 aliphatic heterocycles. The van der Waals surface area contributed by atoms with Gasteiger partial charge in [0.1, 0.15) is 5.41 Å². The van der Waals surface area contributed by atoms with E-state index in [9.17, 15) is 19.5 Å². The molecular formula is C23H28N2O4. The number of rotatable bonds is 9. The zero-order valence-electron chi connectivity index (χ0n) is 17.1. The Balaban J connectivity index is 2.14. The molecule has 0 fully saturated rings. The second-order valence-electron chi connectivity index (χ2n) is 7.25. The fourth-order valence-electron chi connectivity index (χ4n) is 3.34. The summed E-state index contributed by atoms with van der Waals surface area (Å²) >= 11 is 0. The fraction of sp³-hybridized carbons (Fsp3) is 0.348. The van der Waals surface area contributed by atoms with Crippen LogP contribution in [-0.2, 0) is 19.8 Å². The topological polar surface area (TPSA) is 95.5 Å². The quantitative estimate of drug-likeness (QED) is 0.607. The Morgan fingerprint density at radius 2 is 1.66 bits per heavy atom. The second kappa shape index (κ2) is 9.87. The summed E-state index contributed by atoms with van der Waals surface area (Å²) in [4.78, 5) is 36.3. The number of benzene rings is 2. The third-order valence-corrected chi connectivity index (χ3v) is 5.17. The molecule has 0 saturated carbocycles. The average molecular weight is 396 g/mol. The average Bonchev–Trinajstić information content (AvgIpc) is 2.69. The Morgan fingerprint density at radius 1 is 1.03 bits per heavy atom. The van der Waals surface area contributed by atoms with Crippen LogP contribution in [-0.4, -0.2) is 29.4 Å². The van der Waals surface area contributed by atoms with Gasteiger partial charge in [0.2, 0.25) is 11.8 Å². The minimum Gasteiger partial charge on any atom is -0.481 e. The van der Waals surface area contributed by atoms with Crippen LogP contribution < -0.4 is 10.6 Å².